The van der Waals surface area contributed by atoms with E-state index in [1.807, 2.05) is 11.8 Å². The third-order valence-corrected chi connectivity index (χ3v) is 4.94. The highest BCUT2D eigenvalue weighted by Crippen LogP contribution is 2.36. The molecule has 2 fully saturated rings. The molecule has 2 atom stereocenters. The predicted molar refractivity (Wildman–Crippen MR) is 78.4 cm³/mol. The number of carbonyl (C=O) groups is 1. The van der Waals surface area contributed by atoms with Crippen LogP contribution in [0, 0.1) is 5.92 Å². The van der Waals surface area contributed by atoms with Crippen LogP contribution in [-0.2, 0) is 6.42 Å². The Balaban J connectivity index is 1.83. The molecule has 5 heteroatoms. The van der Waals surface area contributed by atoms with Crippen molar-refractivity contribution in [1.29, 1.82) is 0 Å². The summed E-state index contributed by atoms with van der Waals surface area (Å²) < 4.78 is 0. The van der Waals surface area contributed by atoms with Crippen molar-refractivity contribution in [3.63, 3.8) is 0 Å². The first-order valence-corrected chi connectivity index (χ1v) is 7.86. The molecule has 1 aromatic heterocycles. The Hall–Kier alpha value is -1.52. The number of nitrogen functional groups attached to an aromatic ring is 1. The minimum Gasteiger partial charge on any atom is -0.395 e. The average Bonchev–Trinajstić information content (AvgIpc) is 2.87. The number of piperidine rings is 1. The average molecular weight is 276 g/mol. The van der Waals surface area contributed by atoms with Crippen LogP contribution in [0.4, 0.5) is 5.69 Å². The molecule has 1 aliphatic carbocycles. The van der Waals surface area contributed by atoms with Gasteiger partial charge in [-0.25, -0.2) is 0 Å². The fourth-order valence-electron chi connectivity index (χ4n) is 3.83. The second-order valence-corrected chi connectivity index (χ2v) is 6.07. The van der Waals surface area contributed by atoms with E-state index in [-0.39, 0.29) is 5.91 Å². The van der Waals surface area contributed by atoms with Gasteiger partial charge in [0, 0.05) is 12.6 Å². The van der Waals surface area contributed by atoms with Crippen LogP contribution in [0.2, 0.25) is 0 Å². The van der Waals surface area contributed by atoms with Gasteiger partial charge in [0.1, 0.15) is 0 Å². The number of nitrogens with two attached hydrogens (primary N) is 1. The molecule has 5 nitrogen and oxygen atoms in total. The van der Waals surface area contributed by atoms with E-state index in [1.165, 1.54) is 25.7 Å². The molecular formula is C15H24N4O. The lowest BCUT2D eigenvalue weighted by atomic mass is 9.78. The molecule has 110 valence electrons. The number of hydrogen-bond acceptors (Lipinski definition) is 3. The summed E-state index contributed by atoms with van der Waals surface area (Å²) in [7, 11) is 0. The number of rotatable bonds is 2. The summed E-state index contributed by atoms with van der Waals surface area (Å²) in [6, 6.07) is 0.408. The first-order valence-electron chi connectivity index (χ1n) is 7.86. The topological polar surface area (TPSA) is 75.0 Å². The first kappa shape index (κ1) is 13.5. The molecule has 3 rings (SSSR count). The zero-order chi connectivity index (χ0) is 14.1. The maximum atomic E-state index is 12.8. The van der Waals surface area contributed by atoms with Crippen LogP contribution >= 0.6 is 0 Å². The molecule has 0 radical (unpaired) electrons. The number of carbonyl (C=O) groups excluding carboxylic acids is 1. The highest BCUT2D eigenvalue weighted by molar-refractivity contribution is 5.97. The number of aromatic amines is 1. The maximum Gasteiger partial charge on any atom is 0.276 e. The monoisotopic (exact) mass is 276 g/mol. The van der Waals surface area contributed by atoms with Gasteiger partial charge in [0.25, 0.3) is 5.91 Å². The van der Waals surface area contributed by atoms with Crippen LogP contribution in [0.1, 0.15) is 61.6 Å². The minimum atomic E-state index is 0.0232. The van der Waals surface area contributed by atoms with E-state index < -0.39 is 0 Å². The van der Waals surface area contributed by atoms with E-state index in [0.29, 0.717) is 23.3 Å². The summed E-state index contributed by atoms with van der Waals surface area (Å²) in [6.07, 6.45) is 8.11. The number of aromatic nitrogens is 2. The second kappa shape index (κ2) is 5.46. The summed E-state index contributed by atoms with van der Waals surface area (Å²) in [6.45, 7) is 2.87. The Morgan fingerprint density at radius 3 is 2.85 bits per heavy atom. The van der Waals surface area contributed by atoms with Crippen LogP contribution < -0.4 is 5.73 Å². The number of hydrogen-bond donors (Lipinski definition) is 2. The normalized spacial score (nSPS) is 26.4. The number of nitrogens with zero attached hydrogens (tertiary/aromatic N) is 2. The number of nitrogens with one attached hydrogen (secondary N) is 1. The van der Waals surface area contributed by atoms with Crippen molar-refractivity contribution in [3.8, 4) is 0 Å². The van der Waals surface area contributed by atoms with Gasteiger partial charge in [0.2, 0.25) is 0 Å². The van der Waals surface area contributed by atoms with Gasteiger partial charge >= 0.3 is 0 Å². The van der Waals surface area contributed by atoms with Crippen molar-refractivity contribution >= 4 is 11.6 Å². The van der Waals surface area contributed by atoms with Crippen molar-refractivity contribution in [2.45, 2.75) is 57.9 Å². The summed E-state index contributed by atoms with van der Waals surface area (Å²) in [5, 5.41) is 7.05. The molecule has 0 bridgehead atoms. The Morgan fingerprint density at radius 2 is 2.10 bits per heavy atom. The summed E-state index contributed by atoms with van der Waals surface area (Å²) in [4.78, 5) is 14.8. The van der Waals surface area contributed by atoms with Crippen molar-refractivity contribution in [3.05, 3.63) is 11.4 Å². The van der Waals surface area contributed by atoms with Crippen LogP contribution in [0.25, 0.3) is 0 Å². The Bertz CT molecular complexity index is 494. The molecule has 0 aromatic carbocycles. The van der Waals surface area contributed by atoms with E-state index in [4.69, 9.17) is 5.73 Å². The lowest BCUT2D eigenvalue weighted by molar-refractivity contribution is 0.0386. The second-order valence-electron chi connectivity index (χ2n) is 6.07. The Morgan fingerprint density at radius 1 is 1.35 bits per heavy atom. The minimum absolute atomic E-state index is 0.0232. The fourth-order valence-corrected chi connectivity index (χ4v) is 3.83. The predicted octanol–water partition coefficient (Wildman–Crippen LogP) is 2.35. The van der Waals surface area contributed by atoms with Gasteiger partial charge in [0.15, 0.2) is 5.69 Å². The molecule has 20 heavy (non-hydrogen) atoms. The smallest absolute Gasteiger partial charge is 0.276 e. The quantitative estimate of drug-likeness (QED) is 0.870. The zero-order valence-electron chi connectivity index (χ0n) is 12.2. The fraction of sp³-hybridized carbons (Fsp3) is 0.733. The SMILES string of the molecule is CCc1[nH]nc(C(=O)N2CCC[C@H]3CCCC[C@H]32)c1N. The summed E-state index contributed by atoms with van der Waals surface area (Å²) in [5.41, 5.74) is 7.88. The molecule has 3 N–H and O–H groups in total. The van der Waals surface area contributed by atoms with Gasteiger partial charge in [0.05, 0.1) is 11.4 Å². The van der Waals surface area contributed by atoms with E-state index in [0.717, 1.165) is 31.5 Å². The van der Waals surface area contributed by atoms with Crippen molar-refractivity contribution in [2.24, 2.45) is 5.92 Å². The number of likely N-dealkylation sites (tertiary alicyclic amines) is 1. The lowest BCUT2D eigenvalue weighted by Crippen LogP contribution is -2.49. The summed E-state index contributed by atoms with van der Waals surface area (Å²) >= 11 is 0. The number of aryl methyl sites for hydroxylation is 1. The van der Waals surface area contributed by atoms with Crippen LogP contribution in [0.5, 0.6) is 0 Å². The number of anilines is 1. The largest absolute Gasteiger partial charge is 0.395 e. The Kier molecular flexibility index (Phi) is 3.68. The van der Waals surface area contributed by atoms with Gasteiger partial charge in [-0.3, -0.25) is 9.89 Å². The van der Waals surface area contributed by atoms with Crippen molar-refractivity contribution in [2.75, 3.05) is 12.3 Å². The maximum absolute atomic E-state index is 12.8. The van der Waals surface area contributed by atoms with Crippen LogP contribution in [0.3, 0.4) is 0 Å². The van der Waals surface area contributed by atoms with Gasteiger partial charge in [-0.15, -0.1) is 0 Å². The Labute approximate surface area is 119 Å². The van der Waals surface area contributed by atoms with E-state index in [2.05, 4.69) is 10.2 Å². The molecule has 0 spiro atoms. The number of amides is 1. The molecule has 1 saturated carbocycles. The molecule has 1 aliphatic heterocycles. The molecular weight excluding hydrogens is 252 g/mol. The standard InChI is InChI=1S/C15H24N4O/c1-2-11-13(16)14(18-17-11)15(20)19-9-5-7-10-6-3-4-8-12(10)19/h10,12H,2-9,16H2,1H3,(H,17,18)/t10-,12-/m1/s1. The van der Waals surface area contributed by atoms with Crippen molar-refractivity contribution in [1.82, 2.24) is 15.1 Å². The molecule has 2 heterocycles. The van der Waals surface area contributed by atoms with Gasteiger partial charge < -0.3 is 10.6 Å². The van der Waals surface area contributed by atoms with Crippen LogP contribution in [-0.4, -0.2) is 33.6 Å². The molecule has 2 aliphatic rings. The van der Waals surface area contributed by atoms with Crippen molar-refractivity contribution < 1.29 is 4.79 Å². The van der Waals surface area contributed by atoms with Crippen LogP contribution in [0.15, 0.2) is 0 Å². The van der Waals surface area contributed by atoms with Gasteiger partial charge in [-0.1, -0.05) is 19.8 Å². The van der Waals surface area contributed by atoms with Gasteiger partial charge in [-0.2, -0.15) is 5.10 Å². The van der Waals surface area contributed by atoms with E-state index >= 15 is 0 Å². The number of fused-ring (bicyclic) bond motifs is 1. The van der Waals surface area contributed by atoms with E-state index in [9.17, 15) is 4.79 Å². The molecule has 0 unspecified atom stereocenters. The third kappa shape index (κ3) is 2.19. The molecule has 1 saturated heterocycles. The summed E-state index contributed by atoms with van der Waals surface area (Å²) in [5.74, 6) is 0.710. The van der Waals surface area contributed by atoms with Gasteiger partial charge in [-0.05, 0) is 38.0 Å². The number of H-pyrrole nitrogens is 1. The molecule has 1 aromatic rings. The van der Waals surface area contributed by atoms with E-state index in [1.54, 1.807) is 0 Å². The third-order valence-electron chi connectivity index (χ3n) is 4.94. The highest BCUT2D eigenvalue weighted by atomic mass is 16.2. The lowest BCUT2D eigenvalue weighted by Gasteiger charge is -2.43. The molecule has 1 amide bonds. The first-order chi connectivity index (χ1) is 9.72. The highest BCUT2D eigenvalue weighted by Gasteiger charge is 2.37. The zero-order valence-corrected chi connectivity index (χ0v) is 12.2.